The molecule has 1 aliphatic heterocycles. The topological polar surface area (TPSA) is 74.3 Å². The van der Waals surface area contributed by atoms with Gasteiger partial charge >= 0.3 is 0 Å². The summed E-state index contributed by atoms with van der Waals surface area (Å²) in [7, 11) is 3.50. The first kappa shape index (κ1) is 14.1. The summed E-state index contributed by atoms with van der Waals surface area (Å²) in [4.78, 5) is 0. The van der Waals surface area contributed by atoms with Crippen LogP contribution in [-0.4, -0.2) is 23.5 Å². The molecular weight excluding hydrogens is 268 g/mol. The van der Waals surface area contributed by atoms with Gasteiger partial charge in [-0.3, -0.25) is 10.5 Å². The molecule has 0 saturated heterocycles. The molecule has 0 radical (unpaired) electrons. The molecule has 6 nitrogen and oxygen atoms in total. The van der Waals surface area contributed by atoms with Crippen molar-refractivity contribution in [2.45, 2.75) is 18.6 Å². The number of hydrazine groups is 1. The number of ether oxygens (including phenoxy) is 2. The predicted octanol–water partition coefficient (Wildman–Crippen LogP) is 1.25. The number of benzene rings is 1. The Kier molecular flexibility index (Phi) is 3.92. The Balaban J connectivity index is 2.03. The number of rotatable bonds is 4. The largest absolute Gasteiger partial charge is 0.493 e. The minimum absolute atomic E-state index is 0.163. The first-order chi connectivity index (χ1) is 10.3. The number of methoxy groups -OCH3 is 1. The third kappa shape index (κ3) is 2.42. The molecule has 2 aromatic rings. The highest BCUT2D eigenvalue weighted by Gasteiger charge is 2.33. The van der Waals surface area contributed by atoms with Crippen molar-refractivity contribution in [2.24, 2.45) is 12.9 Å². The molecule has 0 fully saturated rings. The van der Waals surface area contributed by atoms with Gasteiger partial charge in [0.1, 0.15) is 11.8 Å². The molecule has 1 aromatic carbocycles. The minimum Gasteiger partial charge on any atom is -0.493 e. The van der Waals surface area contributed by atoms with E-state index in [0.29, 0.717) is 12.4 Å². The number of aryl methyl sites for hydroxylation is 1. The zero-order valence-electron chi connectivity index (χ0n) is 12.2. The van der Waals surface area contributed by atoms with Crippen LogP contribution in [0.15, 0.2) is 30.5 Å². The van der Waals surface area contributed by atoms with E-state index in [0.717, 1.165) is 17.7 Å². The Morgan fingerprint density at radius 1 is 1.48 bits per heavy atom. The zero-order valence-corrected chi connectivity index (χ0v) is 12.2. The summed E-state index contributed by atoms with van der Waals surface area (Å²) in [6.07, 6.45) is 2.45. The number of fused-ring (bicyclic) bond motifs is 1. The van der Waals surface area contributed by atoms with Gasteiger partial charge in [-0.1, -0.05) is 24.3 Å². The van der Waals surface area contributed by atoms with E-state index in [1.54, 1.807) is 18.0 Å². The number of nitrogens with two attached hydrogens (primary N) is 1. The van der Waals surface area contributed by atoms with Crippen molar-refractivity contribution in [1.82, 2.24) is 15.2 Å². The van der Waals surface area contributed by atoms with Crippen LogP contribution >= 0.6 is 0 Å². The second-order valence-electron chi connectivity index (χ2n) is 5.11. The van der Waals surface area contributed by atoms with Gasteiger partial charge in [-0.15, -0.1) is 0 Å². The molecular formula is C15H20N4O2. The van der Waals surface area contributed by atoms with Gasteiger partial charge in [0.2, 0.25) is 0 Å². The first-order valence-electron chi connectivity index (χ1n) is 6.97. The number of hydrogen-bond donors (Lipinski definition) is 2. The van der Waals surface area contributed by atoms with Crippen LogP contribution in [0.4, 0.5) is 0 Å². The molecule has 2 heterocycles. The number of nitrogens with one attached hydrogen (secondary N) is 1. The van der Waals surface area contributed by atoms with Gasteiger partial charge < -0.3 is 9.47 Å². The SMILES string of the molecule is COc1cnn(C)c1C(NN)C1OCCc2ccccc21. The Morgan fingerprint density at radius 2 is 2.29 bits per heavy atom. The fourth-order valence-electron chi connectivity index (χ4n) is 2.95. The number of hydrogen-bond acceptors (Lipinski definition) is 5. The molecule has 21 heavy (non-hydrogen) atoms. The van der Waals surface area contributed by atoms with E-state index in [9.17, 15) is 0 Å². The van der Waals surface area contributed by atoms with E-state index in [-0.39, 0.29) is 12.1 Å². The third-order valence-corrected chi connectivity index (χ3v) is 3.98. The highest BCUT2D eigenvalue weighted by atomic mass is 16.5. The van der Waals surface area contributed by atoms with Crippen LogP contribution in [-0.2, 0) is 18.2 Å². The molecule has 112 valence electrons. The zero-order chi connectivity index (χ0) is 14.8. The summed E-state index contributed by atoms with van der Waals surface area (Å²) in [5.74, 6) is 6.52. The lowest BCUT2D eigenvalue weighted by molar-refractivity contribution is 0.0122. The van der Waals surface area contributed by atoms with Crippen molar-refractivity contribution < 1.29 is 9.47 Å². The average molecular weight is 288 g/mol. The fourth-order valence-corrected chi connectivity index (χ4v) is 2.95. The summed E-state index contributed by atoms with van der Waals surface area (Å²) >= 11 is 0. The second kappa shape index (κ2) is 5.85. The lowest BCUT2D eigenvalue weighted by atomic mass is 9.92. The lowest BCUT2D eigenvalue weighted by Crippen LogP contribution is -2.37. The van der Waals surface area contributed by atoms with E-state index in [1.165, 1.54) is 5.56 Å². The van der Waals surface area contributed by atoms with Gasteiger partial charge in [-0.2, -0.15) is 5.10 Å². The molecule has 0 spiro atoms. The van der Waals surface area contributed by atoms with Crippen molar-refractivity contribution >= 4 is 0 Å². The van der Waals surface area contributed by atoms with Gasteiger partial charge in [-0.25, -0.2) is 5.43 Å². The molecule has 1 aromatic heterocycles. The van der Waals surface area contributed by atoms with Gasteiger partial charge in [0, 0.05) is 7.05 Å². The Morgan fingerprint density at radius 3 is 3.05 bits per heavy atom. The van der Waals surface area contributed by atoms with Crippen LogP contribution in [0.25, 0.3) is 0 Å². The van der Waals surface area contributed by atoms with E-state index >= 15 is 0 Å². The molecule has 3 N–H and O–H groups in total. The lowest BCUT2D eigenvalue weighted by Gasteiger charge is -2.32. The van der Waals surface area contributed by atoms with E-state index in [4.69, 9.17) is 15.3 Å². The van der Waals surface area contributed by atoms with Gasteiger partial charge in [0.05, 0.1) is 26.0 Å². The van der Waals surface area contributed by atoms with Crippen LogP contribution in [0, 0.1) is 0 Å². The van der Waals surface area contributed by atoms with Gasteiger partial charge in [0.15, 0.2) is 5.75 Å². The van der Waals surface area contributed by atoms with Crippen LogP contribution < -0.4 is 16.0 Å². The smallest absolute Gasteiger partial charge is 0.161 e. The Bertz CT molecular complexity index is 626. The maximum atomic E-state index is 6.00. The van der Waals surface area contributed by atoms with Gasteiger partial charge in [0.25, 0.3) is 0 Å². The number of aromatic nitrogens is 2. The molecule has 1 aliphatic rings. The Labute approximate surface area is 123 Å². The monoisotopic (exact) mass is 288 g/mol. The first-order valence-corrected chi connectivity index (χ1v) is 6.97. The van der Waals surface area contributed by atoms with Crippen molar-refractivity contribution in [3.05, 3.63) is 47.3 Å². The summed E-state index contributed by atoms with van der Waals surface area (Å²) in [5.41, 5.74) is 6.20. The summed E-state index contributed by atoms with van der Waals surface area (Å²) in [5, 5.41) is 4.25. The summed E-state index contributed by atoms with van der Waals surface area (Å²) < 4.78 is 13.2. The molecule has 6 heteroatoms. The summed E-state index contributed by atoms with van der Waals surface area (Å²) in [6.45, 7) is 0.681. The standard InChI is InChI=1S/C15H20N4O2/c1-19-14(12(20-2)9-17-19)13(18-16)15-11-6-4-3-5-10(11)7-8-21-15/h3-6,9,13,15,18H,7-8,16H2,1-2H3. The molecule has 0 aliphatic carbocycles. The highest BCUT2D eigenvalue weighted by Crippen LogP contribution is 2.39. The molecule has 3 rings (SSSR count). The normalized spacial score (nSPS) is 19.1. The highest BCUT2D eigenvalue weighted by molar-refractivity contribution is 5.36. The van der Waals surface area contributed by atoms with Crippen LogP contribution in [0.3, 0.4) is 0 Å². The molecule has 0 bridgehead atoms. The quantitative estimate of drug-likeness (QED) is 0.654. The van der Waals surface area contributed by atoms with Crippen molar-refractivity contribution in [3.8, 4) is 5.75 Å². The Hall–Kier alpha value is -1.89. The average Bonchev–Trinajstić information content (AvgIpc) is 2.90. The third-order valence-electron chi connectivity index (χ3n) is 3.98. The van der Waals surface area contributed by atoms with Crippen molar-refractivity contribution in [1.29, 1.82) is 0 Å². The van der Waals surface area contributed by atoms with Crippen LogP contribution in [0.2, 0.25) is 0 Å². The van der Waals surface area contributed by atoms with Crippen LogP contribution in [0.5, 0.6) is 5.75 Å². The van der Waals surface area contributed by atoms with E-state index in [1.807, 2.05) is 13.1 Å². The summed E-state index contributed by atoms with van der Waals surface area (Å²) in [6, 6.07) is 8.07. The molecule has 0 saturated carbocycles. The second-order valence-corrected chi connectivity index (χ2v) is 5.11. The number of nitrogens with zero attached hydrogens (tertiary/aromatic N) is 2. The maximum Gasteiger partial charge on any atom is 0.161 e. The molecule has 2 atom stereocenters. The molecule has 2 unspecified atom stereocenters. The molecule has 0 amide bonds. The predicted molar refractivity (Wildman–Crippen MR) is 78.7 cm³/mol. The minimum atomic E-state index is -0.228. The van der Waals surface area contributed by atoms with Gasteiger partial charge in [-0.05, 0) is 17.5 Å². The van der Waals surface area contributed by atoms with Crippen LogP contribution in [0.1, 0.15) is 29.0 Å². The van der Waals surface area contributed by atoms with E-state index < -0.39 is 0 Å². The van der Waals surface area contributed by atoms with E-state index in [2.05, 4.69) is 28.7 Å². The maximum absolute atomic E-state index is 6.00. The fraction of sp³-hybridized carbons (Fsp3) is 0.400. The van der Waals surface area contributed by atoms with Crippen molar-refractivity contribution in [2.75, 3.05) is 13.7 Å². The van der Waals surface area contributed by atoms with Crippen molar-refractivity contribution in [3.63, 3.8) is 0 Å².